The van der Waals surface area contributed by atoms with E-state index in [1.807, 2.05) is 0 Å². The summed E-state index contributed by atoms with van der Waals surface area (Å²) in [6, 6.07) is 0. The molecule has 0 bridgehead atoms. The van der Waals surface area contributed by atoms with Gasteiger partial charge in [-0.15, -0.1) is 0 Å². The van der Waals surface area contributed by atoms with Gasteiger partial charge in [0.25, 0.3) is 0 Å². The molecule has 0 aliphatic carbocycles. The Labute approximate surface area is 77.8 Å². The topological polar surface area (TPSA) is 102 Å². The molecule has 0 aliphatic heterocycles. The molecule has 0 rings (SSSR count). The Morgan fingerprint density at radius 2 is 2.08 bits per heavy atom. The number of hydrogen-bond acceptors (Lipinski definition) is 2. The van der Waals surface area contributed by atoms with Crippen LogP contribution in [0.3, 0.4) is 0 Å². The Balaban J connectivity index is 3.36. The van der Waals surface area contributed by atoms with Gasteiger partial charge >= 0.3 is 5.97 Å². The molecule has 76 valence electrons. The Morgan fingerprint density at radius 1 is 1.46 bits per heavy atom. The molecule has 0 fully saturated rings. The van der Waals surface area contributed by atoms with E-state index in [0.29, 0.717) is 13.0 Å². The Morgan fingerprint density at radius 3 is 2.54 bits per heavy atom. The van der Waals surface area contributed by atoms with E-state index in [-0.39, 0.29) is 11.9 Å². The van der Waals surface area contributed by atoms with Crippen LogP contribution in [0.25, 0.3) is 0 Å². The van der Waals surface area contributed by atoms with Gasteiger partial charge in [-0.2, -0.15) is 0 Å². The lowest BCUT2D eigenvalue weighted by molar-refractivity contribution is -0.141. The monoisotopic (exact) mass is 187 g/mol. The number of hydrogen-bond donors (Lipinski definition) is 3. The first kappa shape index (κ1) is 11.7. The molecule has 0 saturated heterocycles. The van der Waals surface area contributed by atoms with E-state index in [0.717, 1.165) is 12.8 Å². The highest BCUT2D eigenvalue weighted by Gasteiger charge is 2.08. The second-order valence-electron chi connectivity index (χ2n) is 3.04. The molecule has 0 heterocycles. The molecule has 0 saturated carbocycles. The van der Waals surface area contributed by atoms with Crippen LogP contribution in [0.4, 0.5) is 0 Å². The molecule has 0 aromatic heterocycles. The first-order valence-corrected chi connectivity index (χ1v) is 4.32. The van der Waals surface area contributed by atoms with Crippen molar-refractivity contribution in [3.63, 3.8) is 0 Å². The number of aliphatic carboxylic acids is 1. The summed E-state index contributed by atoms with van der Waals surface area (Å²) in [6.45, 7) is 2.28. The van der Waals surface area contributed by atoms with Crippen molar-refractivity contribution in [3.05, 3.63) is 0 Å². The van der Waals surface area contributed by atoms with Crippen molar-refractivity contribution < 1.29 is 9.90 Å². The van der Waals surface area contributed by atoms with Gasteiger partial charge in [0.15, 0.2) is 5.96 Å². The normalized spacial score (nSPS) is 12.1. The van der Waals surface area contributed by atoms with Crippen LogP contribution in [0.1, 0.15) is 26.2 Å². The summed E-state index contributed by atoms with van der Waals surface area (Å²) in [4.78, 5) is 14.2. The van der Waals surface area contributed by atoms with Gasteiger partial charge in [0.1, 0.15) is 0 Å². The van der Waals surface area contributed by atoms with Gasteiger partial charge in [-0.1, -0.05) is 13.3 Å². The van der Waals surface area contributed by atoms with Crippen LogP contribution in [-0.2, 0) is 4.79 Å². The third-order valence-electron chi connectivity index (χ3n) is 1.76. The fourth-order valence-corrected chi connectivity index (χ4v) is 0.894. The summed E-state index contributed by atoms with van der Waals surface area (Å²) in [5, 5.41) is 8.56. The summed E-state index contributed by atoms with van der Waals surface area (Å²) >= 11 is 0. The van der Waals surface area contributed by atoms with E-state index < -0.39 is 5.97 Å². The second kappa shape index (κ2) is 6.28. The second-order valence-corrected chi connectivity index (χ2v) is 3.04. The Kier molecular flexibility index (Phi) is 5.67. The first-order chi connectivity index (χ1) is 6.04. The minimum Gasteiger partial charge on any atom is -0.481 e. The number of nitrogens with two attached hydrogens (primary N) is 2. The maximum absolute atomic E-state index is 10.4. The maximum Gasteiger partial charge on any atom is 0.306 e. The number of nitrogens with zero attached hydrogens (tertiary/aromatic N) is 1. The van der Waals surface area contributed by atoms with E-state index in [4.69, 9.17) is 16.6 Å². The average Bonchev–Trinajstić information content (AvgIpc) is 2.02. The summed E-state index contributed by atoms with van der Waals surface area (Å²) in [5.41, 5.74) is 10.2. The number of rotatable bonds is 6. The number of carboxylic acid groups (broad SMARTS) is 1. The van der Waals surface area contributed by atoms with Gasteiger partial charge in [-0.25, -0.2) is 0 Å². The highest BCUT2D eigenvalue weighted by Crippen LogP contribution is 2.07. The number of guanidine groups is 1. The van der Waals surface area contributed by atoms with E-state index in [9.17, 15) is 4.79 Å². The van der Waals surface area contributed by atoms with Crippen LogP contribution in [0.2, 0.25) is 0 Å². The fraction of sp³-hybridized carbons (Fsp3) is 0.750. The van der Waals surface area contributed by atoms with Crippen LogP contribution in [0, 0.1) is 5.92 Å². The molecular formula is C8H17N3O2. The van der Waals surface area contributed by atoms with Crippen LogP contribution < -0.4 is 11.5 Å². The van der Waals surface area contributed by atoms with Gasteiger partial charge < -0.3 is 16.6 Å². The molecule has 0 aromatic carbocycles. The van der Waals surface area contributed by atoms with Crippen molar-refractivity contribution in [3.8, 4) is 0 Å². The van der Waals surface area contributed by atoms with Crippen LogP contribution in [0.15, 0.2) is 4.99 Å². The molecule has 0 spiro atoms. The van der Waals surface area contributed by atoms with Crippen molar-refractivity contribution >= 4 is 11.9 Å². The molecule has 13 heavy (non-hydrogen) atoms. The predicted octanol–water partition coefficient (Wildman–Crippen LogP) is 0.151. The molecular weight excluding hydrogens is 170 g/mol. The summed E-state index contributed by atoms with van der Waals surface area (Å²) in [5.74, 6) is -0.938. The van der Waals surface area contributed by atoms with E-state index >= 15 is 0 Å². The number of aliphatic imine (C=N–C) groups is 1. The minimum absolute atomic E-state index is 0.0892. The molecule has 0 aliphatic rings. The third-order valence-corrected chi connectivity index (χ3v) is 1.76. The SMILES string of the molecule is C[C@@H](CCCCN=C(N)N)C(=O)O. The molecule has 5 N–H and O–H groups in total. The number of carbonyl (C=O) groups is 1. The predicted molar refractivity (Wildman–Crippen MR) is 51.3 cm³/mol. The van der Waals surface area contributed by atoms with Crippen LogP contribution in [0.5, 0.6) is 0 Å². The summed E-state index contributed by atoms with van der Waals surface area (Å²) < 4.78 is 0. The van der Waals surface area contributed by atoms with Crippen LogP contribution in [-0.4, -0.2) is 23.6 Å². The first-order valence-electron chi connectivity index (χ1n) is 4.32. The quantitative estimate of drug-likeness (QED) is 0.313. The van der Waals surface area contributed by atoms with Crippen molar-refractivity contribution in [2.75, 3.05) is 6.54 Å². The van der Waals surface area contributed by atoms with Gasteiger partial charge in [0, 0.05) is 6.54 Å². The van der Waals surface area contributed by atoms with E-state index in [2.05, 4.69) is 4.99 Å². The molecule has 0 amide bonds. The summed E-state index contributed by atoms with van der Waals surface area (Å²) in [6.07, 6.45) is 2.34. The lowest BCUT2D eigenvalue weighted by Gasteiger charge is -2.03. The van der Waals surface area contributed by atoms with Crippen molar-refractivity contribution in [1.82, 2.24) is 0 Å². The smallest absolute Gasteiger partial charge is 0.306 e. The van der Waals surface area contributed by atoms with Crippen molar-refractivity contribution in [2.45, 2.75) is 26.2 Å². The molecule has 0 aromatic rings. The summed E-state index contributed by atoms with van der Waals surface area (Å²) in [7, 11) is 0. The fourth-order valence-electron chi connectivity index (χ4n) is 0.894. The maximum atomic E-state index is 10.4. The lowest BCUT2D eigenvalue weighted by atomic mass is 10.0. The zero-order chi connectivity index (χ0) is 10.3. The molecule has 5 heteroatoms. The number of unbranched alkanes of at least 4 members (excludes halogenated alkanes) is 1. The largest absolute Gasteiger partial charge is 0.481 e. The van der Waals surface area contributed by atoms with Gasteiger partial charge in [-0.3, -0.25) is 9.79 Å². The lowest BCUT2D eigenvalue weighted by Crippen LogP contribution is -2.22. The molecule has 0 unspecified atom stereocenters. The number of carboxylic acids is 1. The van der Waals surface area contributed by atoms with E-state index in [1.165, 1.54) is 0 Å². The van der Waals surface area contributed by atoms with Crippen molar-refractivity contribution in [2.24, 2.45) is 22.4 Å². The Hall–Kier alpha value is -1.26. The zero-order valence-corrected chi connectivity index (χ0v) is 7.86. The molecule has 0 radical (unpaired) electrons. The molecule has 1 atom stereocenters. The van der Waals surface area contributed by atoms with Gasteiger partial charge in [0.05, 0.1) is 5.92 Å². The van der Waals surface area contributed by atoms with Crippen LogP contribution >= 0.6 is 0 Å². The van der Waals surface area contributed by atoms with Crippen molar-refractivity contribution in [1.29, 1.82) is 0 Å². The average molecular weight is 187 g/mol. The third kappa shape index (κ3) is 7.11. The highest BCUT2D eigenvalue weighted by molar-refractivity contribution is 5.75. The highest BCUT2D eigenvalue weighted by atomic mass is 16.4. The zero-order valence-electron chi connectivity index (χ0n) is 7.86. The molecule has 5 nitrogen and oxygen atoms in total. The van der Waals surface area contributed by atoms with Gasteiger partial charge in [-0.05, 0) is 12.8 Å². The minimum atomic E-state index is -0.748. The van der Waals surface area contributed by atoms with E-state index in [1.54, 1.807) is 6.92 Å². The standard InChI is InChI=1S/C8H17N3O2/c1-6(7(12)13)4-2-3-5-11-8(9)10/h6H,2-5H2,1H3,(H,12,13)(H4,9,10,11)/t6-/m0/s1. The Bertz CT molecular complexity index is 188. The van der Waals surface area contributed by atoms with Gasteiger partial charge in [0.2, 0.25) is 0 Å².